The molecule has 3 aliphatic heterocycles. The fraction of sp³-hybridized carbons (Fsp3) is 0.581. The average Bonchev–Trinajstić information content (AvgIpc) is 3.47. The minimum Gasteiger partial charge on any atom is -0.394 e. The Morgan fingerprint density at radius 3 is 2.33 bits per heavy atom. The highest BCUT2D eigenvalue weighted by Crippen LogP contribution is 2.64. The molecule has 39 heavy (non-hydrogen) atoms. The van der Waals surface area contributed by atoms with Gasteiger partial charge in [-0.1, -0.05) is 37.3 Å². The third-order valence-corrected chi connectivity index (χ3v) is 8.82. The van der Waals surface area contributed by atoms with Gasteiger partial charge in [0, 0.05) is 24.3 Å². The van der Waals surface area contributed by atoms with Crippen LogP contribution in [-0.4, -0.2) is 81.1 Å². The van der Waals surface area contributed by atoms with Gasteiger partial charge in [0.25, 0.3) is 0 Å². The van der Waals surface area contributed by atoms with Crippen LogP contribution in [0.3, 0.4) is 0 Å². The van der Waals surface area contributed by atoms with Gasteiger partial charge in [0.1, 0.15) is 11.6 Å². The van der Waals surface area contributed by atoms with Gasteiger partial charge in [0.2, 0.25) is 17.7 Å². The van der Waals surface area contributed by atoms with Gasteiger partial charge in [-0.15, -0.1) is 13.2 Å². The standard InChI is InChI=1S/C31H43N3O5/c1-8-18-32(22-14-12-11-13-15-22)26(36)23-24-27(37)34(21(10-3)20-35)25(31(24)17-16-30(23,7)39-31)28(38)33(19-9-2)29(4,5)6/h8-9,11-15,21,23-25,35H,1-2,10,16-20H2,3-7H3/t21-,23+,24-,25?,30-,31?/m0/s1. The van der Waals surface area contributed by atoms with Crippen LogP contribution in [0.25, 0.3) is 0 Å². The number of hydrogen-bond acceptors (Lipinski definition) is 5. The van der Waals surface area contributed by atoms with E-state index in [0.29, 0.717) is 31.5 Å². The minimum atomic E-state index is -1.16. The first-order valence-corrected chi connectivity index (χ1v) is 13.9. The SMILES string of the molecule is C=CCN(C(=O)[C@H]1[C@H]2C(=O)N([C@@H](CC)CO)C(C(=O)N(CC=C)C(C)(C)C)C23CC[C@]1(C)O3)c1ccccc1. The number of ether oxygens (including phenoxy) is 1. The summed E-state index contributed by atoms with van der Waals surface area (Å²) in [7, 11) is 0. The molecule has 1 N–H and O–H groups in total. The quantitative estimate of drug-likeness (QED) is 0.461. The van der Waals surface area contributed by atoms with Crippen LogP contribution in [-0.2, 0) is 19.1 Å². The molecule has 3 heterocycles. The summed E-state index contributed by atoms with van der Waals surface area (Å²) < 4.78 is 6.79. The van der Waals surface area contributed by atoms with E-state index >= 15 is 0 Å². The van der Waals surface area contributed by atoms with E-state index in [9.17, 15) is 19.5 Å². The summed E-state index contributed by atoms with van der Waals surface area (Å²) in [6.45, 7) is 17.6. The summed E-state index contributed by atoms with van der Waals surface area (Å²) in [5, 5.41) is 10.3. The van der Waals surface area contributed by atoms with Crippen molar-refractivity contribution in [2.45, 2.75) is 82.7 Å². The number of likely N-dealkylation sites (tertiary alicyclic amines) is 1. The van der Waals surface area contributed by atoms with Crippen molar-refractivity contribution in [1.82, 2.24) is 9.80 Å². The molecule has 3 aliphatic rings. The van der Waals surface area contributed by atoms with Crippen molar-refractivity contribution in [3.8, 4) is 0 Å². The summed E-state index contributed by atoms with van der Waals surface area (Å²) in [5.41, 5.74) is -1.89. The van der Waals surface area contributed by atoms with Gasteiger partial charge in [-0.3, -0.25) is 14.4 Å². The second-order valence-electron chi connectivity index (χ2n) is 12.2. The van der Waals surface area contributed by atoms with E-state index in [2.05, 4.69) is 13.2 Å². The first-order valence-electron chi connectivity index (χ1n) is 13.9. The number of fused-ring (bicyclic) bond motifs is 1. The van der Waals surface area contributed by atoms with E-state index in [4.69, 9.17) is 4.74 Å². The predicted molar refractivity (Wildman–Crippen MR) is 151 cm³/mol. The molecule has 2 bridgehead atoms. The molecule has 4 rings (SSSR count). The third-order valence-electron chi connectivity index (χ3n) is 8.82. The van der Waals surface area contributed by atoms with Gasteiger partial charge in [-0.2, -0.15) is 0 Å². The second-order valence-corrected chi connectivity index (χ2v) is 12.2. The van der Waals surface area contributed by atoms with Crippen LogP contribution >= 0.6 is 0 Å². The second kappa shape index (κ2) is 10.5. The molecule has 0 aliphatic carbocycles. The van der Waals surface area contributed by atoms with E-state index in [0.717, 1.165) is 0 Å². The highest BCUT2D eigenvalue weighted by atomic mass is 16.5. The van der Waals surface area contributed by atoms with Gasteiger partial charge < -0.3 is 24.5 Å². The lowest BCUT2D eigenvalue weighted by Crippen LogP contribution is -2.61. The summed E-state index contributed by atoms with van der Waals surface area (Å²) in [6, 6.07) is 7.82. The van der Waals surface area contributed by atoms with Gasteiger partial charge in [0.15, 0.2) is 0 Å². The first kappa shape index (κ1) is 29.0. The Morgan fingerprint density at radius 1 is 1.15 bits per heavy atom. The monoisotopic (exact) mass is 537 g/mol. The lowest BCUT2D eigenvalue weighted by Gasteiger charge is -2.43. The molecule has 1 spiro atoms. The highest BCUT2D eigenvalue weighted by Gasteiger charge is 2.79. The molecule has 6 atom stereocenters. The molecule has 1 aromatic rings. The number of anilines is 1. The largest absolute Gasteiger partial charge is 0.394 e. The van der Waals surface area contributed by atoms with Crippen molar-refractivity contribution >= 4 is 23.4 Å². The number of hydrogen-bond donors (Lipinski definition) is 1. The number of rotatable bonds is 10. The molecule has 3 saturated heterocycles. The minimum absolute atomic E-state index is 0.215. The topological polar surface area (TPSA) is 90.4 Å². The van der Waals surface area contributed by atoms with Crippen molar-refractivity contribution in [2.24, 2.45) is 11.8 Å². The van der Waals surface area contributed by atoms with Gasteiger partial charge >= 0.3 is 0 Å². The van der Waals surface area contributed by atoms with Crippen molar-refractivity contribution in [3.63, 3.8) is 0 Å². The van der Waals surface area contributed by atoms with Gasteiger partial charge in [0.05, 0.1) is 30.1 Å². The van der Waals surface area contributed by atoms with E-state index < -0.39 is 40.7 Å². The zero-order valence-electron chi connectivity index (χ0n) is 23.9. The van der Waals surface area contributed by atoms with E-state index in [1.807, 2.05) is 65.0 Å². The van der Waals surface area contributed by atoms with Crippen molar-refractivity contribution in [1.29, 1.82) is 0 Å². The summed E-state index contributed by atoms with van der Waals surface area (Å²) in [4.78, 5) is 48.1. The third kappa shape index (κ3) is 4.51. The lowest BCUT2D eigenvalue weighted by atomic mass is 9.66. The van der Waals surface area contributed by atoms with E-state index in [1.54, 1.807) is 26.9 Å². The smallest absolute Gasteiger partial charge is 0.249 e. The summed E-state index contributed by atoms with van der Waals surface area (Å²) >= 11 is 0. The molecule has 0 radical (unpaired) electrons. The Kier molecular flexibility index (Phi) is 7.85. The fourth-order valence-electron chi connectivity index (χ4n) is 7.02. The van der Waals surface area contributed by atoms with Crippen LogP contribution in [0.2, 0.25) is 0 Å². The number of amides is 3. The molecule has 1 aromatic carbocycles. The molecule has 212 valence electrons. The summed E-state index contributed by atoms with van der Waals surface area (Å²) in [6.07, 6.45) is 4.85. The normalized spacial score (nSPS) is 30.2. The van der Waals surface area contributed by atoms with Crippen LogP contribution in [0, 0.1) is 11.8 Å². The maximum Gasteiger partial charge on any atom is 0.249 e. The maximum absolute atomic E-state index is 14.5. The lowest BCUT2D eigenvalue weighted by molar-refractivity contribution is -0.157. The average molecular weight is 538 g/mol. The number of carbonyl (C=O) groups is 3. The van der Waals surface area contributed by atoms with E-state index in [1.165, 1.54) is 0 Å². The van der Waals surface area contributed by atoms with Gasteiger partial charge in [-0.05, 0) is 59.1 Å². The number of aliphatic hydroxyl groups is 1. The molecule has 8 heteroatoms. The Labute approximate surface area is 232 Å². The Balaban J connectivity index is 1.85. The van der Waals surface area contributed by atoms with E-state index in [-0.39, 0.29) is 30.9 Å². The van der Waals surface area contributed by atoms with Crippen LogP contribution in [0.5, 0.6) is 0 Å². The first-order chi connectivity index (χ1) is 18.4. The maximum atomic E-state index is 14.5. The van der Waals surface area contributed by atoms with Crippen LogP contribution in [0.1, 0.15) is 53.9 Å². The van der Waals surface area contributed by atoms with Crippen molar-refractivity contribution in [2.75, 3.05) is 24.6 Å². The zero-order valence-corrected chi connectivity index (χ0v) is 23.9. The fourth-order valence-corrected chi connectivity index (χ4v) is 7.02. The number of aliphatic hydroxyl groups excluding tert-OH is 1. The zero-order chi connectivity index (χ0) is 28.8. The number of carbonyl (C=O) groups excluding carboxylic acids is 3. The number of benzene rings is 1. The molecule has 3 amide bonds. The molecule has 0 aromatic heterocycles. The molecule has 8 nitrogen and oxygen atoms in total. The molecular formula is C31H43N3O5. The Bertz CT molecular complexity index is 1130. The summed E-state index contributed by atoms with van der Waals surface area (Å²) in [5.74, 6) is -2.37. The number of nitrogens with zero attached hydrogens (tertiary/aromatic N) is 3. The van der Waals surface area contributed by atoms with Crippen LogP contribution in [0.15, 0.2) is 55.6 Å². The Hall–Kier alpha value is -2.97. The predicted octanol–water partition coefficient (Wildman–Crippen LogP) is 3.55. The highest BCUT2D eigenvalue weighted by molar-refractivity contribution is 6.03. The Morgan fingerprint density at radius 2 is 1.79 bits per heavy atom. The molecule has 2 unspecified atom stereocenters. The van der Waals surface area contributed by atoms with Crippen molar-refractivity contribution < 1.29 is 24.2 Å². The van der Waals surface area contributed by atoms with Gasteiger partial charge in [-0.25, -0.2) is 0 Å². The van der Waals surface area contributed by atoms with Crippen molar-refractivity contribution in [3.05, 3.63) is 55.6 Å². The molecule has 0 saturated carbocycles. The molecular weight excluding hydrogens is 494 g/mol. The molecule has 3 fully saturated rings. The van der Waals surface area contributed by atoms with Crippen LogP contribution in [0.4, 0.5) is 5.69 Å². The number of para-hydroxylation sites is 1. The van der Waals surface area contributed by atoms with Crippen LogP contribution < -0.4 is 4.90 Å².